The first-order valence-corrected chi connectivity index (χ1v) is 9.97. The van der Waals surface area contributed by atoms with Gasteiger partial charge in [-0.1, -0.05) is 31.2 Å². The Morgan fingerprint density at radius 1 is 0.935 bits per heavy atom. The summed E-state index contributed by atoms with van der Waals surface area (Å²) < 4.78 is 13.5. The molecule has 1 amide bonds. The molecule has 0 aliphatic rings. The molecule has 0 fully saturated rings. The maximum absolute atomic E-state index is 13.5. The van der Waals surface area contributed by atoms with Gasteiger partial charge in [-0.05, 0) is 66.6 Å². The maximum Gasteiger partial charge on any atom is 0.255 e. The van der Waals surface area contributed by atoms with Crippen molar-refractivity contribution in [2.45, 2.75) is 13.3 Å². The Morgan fingerprint density at radius 3 is 2.39 bits per heavy atom. The van der Waals surface area contributed by atoms with Crippen molar-refractivity contribution in [1.29, 1.82) is 0 Å². The number of carbonyl (C=O) groups excluding carboxylic acids is 1. The smallest absolute Gasteiger partial charge is 0.255 e. The number of halogens is 1. The van der Waals surface area contributed by atoms with Gasteiger partial charge in [0.2, 0.25) is 0 Å². The third-order valence-electron chi connectivity index (χ3n) is 4.78. The van der Waals surface area contributed by atoms with Crippen LogP contribution < -0.4 is 10.6 Å². The number of carbonyl (C=O) groups is 1. The fraction of sp³-hybridized carbons (Fsp3) is 0.0800. The van der Waals surface area contributed by atoms with Crippen LogP contribution in [0.2, 0.25) is 0 Å². The summed E-state index contributed by atoms with van der Waals surface area (Å²) in [6, 6.07) is 22.8. The largest absolute Gasteiger partial charge is 0.340 e. The van der Waals surface area contributed by atoms with Gasteiger partial charge in [0.05, 0.1) is 0 Å². The van der Waals surface area contributed by atoms with Crippen LogP contribution in [0, 0.1) is 5.82 Å². The molecule has 0 aliphatic heterocycles. The zero-order valence-corrected chi connectivity index (χ0v) is 17.0. The predicted octanol–water partition coefficient (Wildman–Crippen LogP) is 5.84. The zero-order valence-electron chi connectivity index (χ0n) is 17.0. The Morgan fingerprint density at radius 2 is 1.68 bits per heavy atom. The molecule has 0 saturated carbocycles. The van der Waals surface area contributed by atoms with Gasteiger partial charge in [0.1, 0.15) is 11.6 Å². The van der Waals surface area contributed by atoms with E-state index in [0.717, 1.165) is 17.8 Å². The third kappa shape index (κ3) is 5.11. The number of benzene rings is 3. The highest BCUT2D eigenvalue weighted by molar-refractivity contribution is 6.04. The molecule has 31 heavy (non-hydrogen) atoms. The topological polar surface area (TPSA) is 66.9 Å². The van der Waals surface area contributed by atoms with Crippen molar-refractivity contribution in [3.63, 3.8) is 0 Å². The van der Waals surface area contributed by atoms with Crippen molar-refractivity contribution in [2.75, 3.05) is 10.6 Å². The second-order valence-corrected chi connectivity index (χ2v) is 6.98. The molecule has 4 aromatic rings. The van der Waals surface area contributed by atoms with Crippen molar-refractivity contribution < 1.29 is 9.18 Å². The SMILES string of the molecule is CCc1ccc(NC(=O)c2ccc(Nc3ccnc(-c4cccc(F)c4)n3)cc2)cc1. The van der Waals surface area contributed by atoms with Gasteiger partial charge in [-0.2, -0.15) is 0 Å². The van der Waals surface area contributed by atoms with Crippen LogP contribution in [0.3, 0.4) is 0 Å². The van der Waals surface area contributed by atoms with E-state index in [4.69, 9.17) is 0 Å². The summed E-state index contributed by atoms with van der Waals surface area (Å²) in [6.07, 6.45) is 2.57. The molecule has 1 aromatic heterocycles. The first-order valence-electron chi connectivity index (χ1n) is 9.97. The Balaban J connectivity index is 1.43. The highest BCUT2D eigenvalue weighted by Crippen LogP contribution is 2.20. The molecule has 0 unspecified atom stereocenters. The fourth-order valence-electron chi connectivity index (χ4n) is 3.07. The molecule has 0 spiro atoms. The molecule has 5 nitrogen and oxygen atoms in total. The zero-order chi connectivity index (χ0) is 21.6. The Bertz CT molecular complexity index is 1190. The Hall–Kier alpha value is -4.06. The van der Waals surface area contributed by atoms with Crippen LogP contribution >= 0.6 is 0 Å². The number of hydrogen-bond donors (Lipinski definition) is 2. The number of aromatic nitrogens is 2. The van der Waals surface area contributed by atoms with Crippen LogP contribution in [0.1, 0.15) is 22.8 Å². The summed E-state index contributed by atoms with van der Waals surface area (Å²) in [5, 5.41) is 6.08. The highest BCUT2D eigenvalue weighted by Gasteiger charge is 2.08. The maximum atomic E-state index is 13.5. The lowest BCUT2D eigenvalue weighted by Gasteiger charge is -2.09. The summed E-state index contributed by atoms with van der Waals surface area (Å²) >= 11 is 0. The standard InChI is InChI=1S/C25H21FN4O/c1-2-17-6-10-22(11-7-17)29-25(31)18-8-12-21(13-9-18)28-23-14-15-27-24(30-23)19-4-3-5-20(26)16-19/h3-16H,2H2,1H3,(H,29,31)(H,27,28,30). The van der Waals surface area contributed by atoms with Gasteiger partial charge in [-0.25, -0.2) is 14.4 Å². The minimum absolute atomic E-state index is 0.175. The van der Waals surface area contributed by atoms with Gasteiger partial charge < -0.3 is 10.6 Å². The van der Waals surface area contributed by atoms with Gasteiger partial charge in [0.25, 0.3) is 5.91 Å². The molecular formula is C25H21FN4O. The van der Waals surface area contributed by atoms with Gasteiger partial charge in [0, 0.05) is 28.7 Å². The van der Waals surface area contributed by atoms with Crippen LogP contribution in [0.4, 0.5) is 21.6 Å². The predicted molar refractivity (Wildman–Crippen MR) is 121 cm³/mol. The molecule has 0 bridgehead atoms. The van der Waals surface area contributed by atoms with E-state index < -0.39 is 0 Å². The first-order chi connectivity index (χ1) is 15.1. The lowest BCUT2D eigenvalue weighted by Crippen LogP contribution is -2.11. The summed E-state index contributed by atoms with van der Waals surface area (Å²) in [7, 11) is 0. The molecule has 0 aliphatic carbocycles. The Labute approximate surface area is 180 Å². The molecule has 0 atom stereocenters. The number of nitrogens with one attached hydrogen (secondary N) is 2. The molecule has 2 N–H and O–H groups in total. The second kappa shape index (κ2) is 9.17. The second-order valence-electron chi connectivity index (χ2n) is 6.98. The van der Waals surface area contributed by atoms with Crippen molar-refractivity contribution in [3.8, 4) is 11.4 Å². The summed E-state index contributed by atoms with van der Waals surface area (Å²) in [5.74, 6) is 0.484. The van der Waals surface area contributed by atoms with E-state index in [2.05, 4.69) is 27.5 Å². The van der Waals surface area contributed by atoms with Crippen LogP contribution in [-0.4, -0.2) is 15.9 Å². The van der Waals surface area contributed by atoms with Gasteiger partial charge in [-0.3, -0.25) is 4.79 Å². The molecule has 154 valence electrons. The van der Waals surface area contributed by atoms with E-state index in [1.165, 1.54) is 17.7 Å². The van der Waals surface area contributed by atoms with Crippen molar-refractivity contribution in [3.05, 3.63) is 102 Å². The van der Waals surface area contributed by atoms with E-state index >= 15 is 0 Å². The molecule has 0 radical (unpaired) electrons. The highest BCUT2D eigenvalue weighted by atomic mass is 19.1. The van der Waals surface area contributed by atoms with Crippen LogP contribution in [0.5, 0.6) is 0 Å². The number of hydrogen-bond acceptors (Lipinski definition) is 4. The van der Waals surface area contributed by atoms with E-state index in [1.807, 2.05) is 24.3 Å². The van der Waals surface area contributed by atoms with Gasteiger partial charge >= 0.3 is 0 Å². The number of amides is 1. The molecular weight excluding hydrogens is 391 g/mol. The van der Waals surface area contributed by atoms with E-state index in [1.54, 1.807) is 48.7 Å². The molecule has 6 heteroatoms. The van der Waals surface area contributed by atoms with Crippen LogP contribution in [0.15, 0.2) is 85.1 Å². The third-order valence-corrected chi connectivity index (χ3v) is 4.78. The minimum Gasteiger partial charge on any atom is -0.340 e. The number of anilines is 3. The fourth-order valence-corrected chi connectivity index (χ4v) is 3.07. The van der Waals surface area contributed by atoms with Crippen LogP contribution in [0.25, 0.3) is 11.4 Å². The van der Waals surface area contributed by atoms with Crippen molar-refractivity contribution in [2.24, 2.45) is 0 Å². The summed E-state index contributed by atoms with van der Waals surface area (Å²) in [5.41, 5.74) is 3.90. The van der Waals surface area contributed by atoms with Gasteiger partial charge in [0.15, 0.2) is 5.82 Å². The normalized spacial score (nSPS) is 10.5. The molecule has 4 rings (SSSR count). The minimum atomic E-state index is -0.338. The van der Waals surface area contributed by atoms with E-state index in [9.17, 15) is 9.18 Å². The lowest BCUT2D eigenvalue weighted by molar-refractivity contribution is 0.102. The van der Waals surface area contributed by atoms with E-state index in [-0.39, 0.29) is 11.7 Å². The quantitative estimate of drug-likeness (QED) is 0.417. The lowest BCUT2D eigenvalue weighted by atomic mass is 10.1. The molecule has 1 heterocycles. The summed E-state index contributed by atoms with van der Waals surface area (Å²) in [6.45, 7) is 2.09. The number of aryl methyl sites for hydroxylation is 1. The average Bonchev–Trinajstić information content (AvgIpc) is 2.80. The molecule has 3 aromatic carbocycles. The van der Waals surface area contributed by atoms with Crippen LogP contribution in [-0.2, 0) is 6.42 Å². The number of nitrogens with zero attached hydrogens (tertiary/aromatic N) is 2. The van der Waals surface area contributed by atoms with Gasteiger partial charge in [-0.15, -0.1) is 0 Å². The van der Waals surface area contributed by atoms with E-state index in [0.29, 0.717) is 22.8 Å². The number of rotatable bonds is 6. The average molecular weight is 412 g/mol. The van der Waals surface area contributed by atoms with Crippen molar-refractivity contribution >= 4 is 23.1 Å². The molecule has 0 saturated heterocycles. The Kier molecular flexibility index (Phi) is 5.98. The summed E-state index contributed by atoms with van der Waals surface area (Å²) in [4.78, 5) is 21.1. The first kappa shape index (κ1) is 20.2. The monoisotopic (exact) mass is 412 g/mol. The van der Waals surface area contributed by atoms with Crippen molar-refractivity contribution in [1.82, 2.24) is 9.97 Å².